The molecule has 2 N–H and O–H groups in total. The Hall–Kier alpha value is -1.87. The van der Waals surface area contributed by atoms with Crippen LogP contribution in [-0.4, -0.2) is 28.6 Å². The zero-order valence-electron chi connectivity index (χ0n) is 14.3. The third-order valence-electron chi connectivity index (χ3n) is 3.29. The van der Waals surface area contributed by atoms with Crippen LogP contribution < -0.4 is 10.0 Å². The number of aromatic nitrogens is 3. The van der Waals surface area contributed by atoms with Crippen LogP contribution in [0.2, 0.25) is 10.0 Å². The van der Waals surface area contributed by atoms with Crippen LogP contribution >= 0.6 is 23.2 Å². The van der Waals surface area contributed by atoms with Gasteiger partial charge in [-0.1, -0.05) is 23.2 Å². The lowest BCUT2D eigenvalue weighted by atomic mass is 10.1. The first-order valence-corrected chi connectivity index (χ1v) is 9.89. The number of benzene rings is 1. The van der Waals surface area contributed by atoms with Crippen LogP contribution in [0, 0.1) is 0 Å². The summed E-state index contributed by atoms with van der Waals surface area (Å²) < 4.78 is 29.3. The van der Waals surface area contributed by atoms with Crippen LogP contribution in [-0.2, 0) is 10.0 Å². The van der Waals surface area contributed by atoms with E-state index in [4.69, 9.17) is 23.2 Å². The van der Waals surface area contributed by atoms with Gasteiger partial charge in [-0.05, 0) is 45.0 Å². The van der Waals surface area contributed by atoms with E-state index in [1.165, 1.54) is 16.9 Å². The van der Waals surface area contributed by atoms with Gasteiger partial charge in [-0.3, -0.25) is 0 Å². The molecule has 0 bridgehead atoms. The van der Waals surface area contributed by atoms with Gasteiger partial charge < -0.3 is 5.32 Å². The number of rotatable bonds is 4. The fourth-order valence-corrected chi connectivity index (χ4v) is 4.11. The first-order valence-electron chi connectivity index (χ1n) is 7.66. The molecular formula is C16H17Cl2N5O2S. The van der Waals surface area contributed by atoms with Crippen molar-refractivity contribution in [3.05, 3.63) is 46.7 Å². The molecular weight excluding hydrogens is 397 g/mol. The van der Waals surface area contributed by atoms with E-state index in [2.05, 4.69) is 20.1 Å². The van der Waals surface area contributed by atoms with Crippen molar-refractivity contribution >= 4 is 50.4 Å². The summed E-state index contributed by atoms with van der Waals surface area (Å²) >= 11 is 12.0. The fraction of sp³-hybridized carbons (Fsp3) is 0.250. The number of anilines is 2. The van der Waals surface area contributed by atoms with E-state index >= 15 is 0 Å². The average molecular weight is 414 g/mol. The number of hydrogen-bond acceptors (Lipinski definition) is 5. The van der Waals surface area contributed by atoms with Gasteiger partial charge in [0.2, 0.25) is 10.0 Å². The zero-order valence-corrected chi connectivity index (χ0v) is 16.6. The molecule has 0 spiro atoms. The quantitative estimate of drug-likeness (QED) is 0.677. The molecule has 3 aromatic rings. The summed E-state index contributed by atoms with van der Waals surface area (Å²) in [6, 6.07) is 6.76. The van der Waals surface area contributed by atoms with Gasteiger partial charge in [-0.15, -0.1) is 0 Å². The number of nitrogens with zero attached hydrogens (tertiary/aromatic N) is 3. The Bertz CT molecular complexity index is 1070. The first-order chi connectivity index (χ1) is 12.1. The maximum Gasteiger partial charge on any atom is 0.246 e. The molecule has 0 saturated heterocycles. The summed E-state index contributed by atoms with van der Waals surface area (Å²) in [6.07, 6.45) is 2.78. The van der Waals surface area contributed by atoms with Crippen LogP contribution in [0.5, 0.6) is 0 Å². The Morgan fingerprint density at radius 3 is 2.50 bits per heavy atom. The van der Waals surface area contributed by atoms with E-state index < -0.39 is 15.6 Å². The molecule has 0 aliphatic rings. The van der Waals surface area contributed by atoms with Crippen molar-refractivity contribution in [2.45, 2.75) is 31.2 Å². The van der Waals surface area contributed by atoms with Crippen LogP contribution in [0.15, 0.2) is 41.6 Å². The van der Waals surface area contributed by atoms with Crippen LogP contribution in [0.4, 0.5) is 11.5 Å². The predicted molar refractivity (Wildman–Crippen MR) is 103 cm³/mol. The molecule has 1 aromatic carbocycles. The largest absolute Gasteiger partial charge is 0.340 e. The van der Waals surface area contributed by atoms with E-state index in [1.54, 1.807) is 45.0 Å². The third-order valence-corrected chi connectivity index (χ3v) is 5.78. The highest BCUT2D eigenvalue weighted by atomic mass is 35.5. The number of halogens is 2. The van der Waals surface area contributed by atoms with Crippen molar-refractivity contribution in [1.82, 2.24) is 19.3 Å². The highest BCUT2D eigenvalue weighted by molar-refractivity contribution is 7.89. The second kappa shape index (κ2) is 6.70. The Labute approximate surface area is 161 Å². The number of hydrogen-bond donors (Lipinski definition) is 2. The maximum atomic E-state index is 12.6. The average Bonchev–Trinajstić information content (AvgIpc) is 2.94. The van der Waals surface area contributed by atoms with Gasteiger partial charge in [0, 0.05) is 17.4 Å². The van der Waals surface area contributed by atoms with Crippen molar-refractivity contribution in [2.75, 3.05) is 5.32 Å². The summed E-state index contributed by atoms with van der Waals surface area (Å²) in [6.45, 7) is 5.29. The van der Waals surface area contributed by atoms with Crippen molar-refractivity contribution in [1.29, 1.82) is 0 Å². The van der Waals surface area contributed by atoms with Crippen molar-refractivity contribution < 1.29 is 8.42 Å². The molecule has 0 fully saturated rings. The molecule has 0 saturated carbocycles. The molecule has 0 atom stereocenters. The van der Waals surface area contributed by atoms with Crippen molar-refractivity contribution in [3.8, 4) is 0 Å². The van der Waals surface area contributed by atoms with Gasteiger partial charge >= 0.3 is 0 Å². The lowest BCUT2D eigenvalue weighted by Gasteiger charge is -2.19. The molecule has 10 heteroatoms. The lowest BCUT2D eigenvalue weighted by molar-refractivity contribution is 0.492. The van der Waals surface area contributed by atoms with Gasteiger partial charge in [0.15, 0.2) is 5.65 Å². The predicted octanol–water partition coefficient (Wildman–Crippen LogP) is 3.86. The molecule has 0 amide bonds. The minimum Gasteiger partial charge on any atom is -0.340 e. The fourth-order valence-electron chi connectivity index (χ4n) is 2.33. The number of nitrogens with one attached hydrogen (secondary N) is 2. The van der Waals surface area contributed by atoms with Gasteiger partial charge in [0.05, 0.1) is 16.2 Å². The Balaban J connectivity index is 2.02. The molecule has 138 valence electrons. The van der Waals surface area contributed by atoms with Crippen LogP contribution in [0.1, 0.15) is 20.8 Å². The monoisotopic (exact) mass is 413 g/mol. The Kier molecular flexibility index (Phi) is 4.87. The third kappa shape index (κ3) is 3.93. The summed E-state index contributed by atoms with van der Waals surface area (Å²) in [5.41, 5.74) is 0.273. The zero-order chi connectivity index (χ0) is 19.1. The van der Waals surface area contributed by atoms with E-state index in [0.717, 1.165) is 0 Å². The SMILES string of the molecule is CC(C)(C)NS(=O)(=O)c1cnn2c(Nc3ccc(Cl)c(Cl)c3)ccnc12. The minimum atomic E-state index is -3.77. The van der Waals surface area contributed by atoms with Gasteiger partial charge in [0.25, 0.3) is 0 Å². The summed E-state index contributed by atoms with van der Waals surface area (Å²) in [5, 5.41) is 8.14. The van der Waals surface area contributed by atoms with Gasteiger partial charge in [0.1, 0.15) is 10.7 Å². The topological polar surface area (TPSA) is 88.4 Å². The highest BCUT2D eigenvalue weighted by Crippen LogP contribution is 2.27. The molecule has 0 radical (unpaired) electrons. The van der Waals surface area contributed by atoms with Crippen LogP contribution in [0.3, 0.4) is 0 Å². The Morgan fingerprint density at radius 2 is 1.85 bits per heavy atom. The molecule has 2 aromatic heterocycles. The highest BCUT2D eigenvalue weighted by Gasteiger charge is 2.26. The van der Waals surface area contributed by atoms with E-state index in [-0.39, 0.29) is 10.5 Å². The number of sulfonamides is 1. The molecule has 7 nitrogen and oxygen atoms in total. The van der Waals surface area contributed by atoms with Crippen LogP contribution in [0.25, 0.3) is 5.65 Å². The lowest BCUT2D eigenvalue weighted by Crippen LogP contribution is -2.40. The molecule has 0 unspecified atom stereocenters. The molecule has 2 heterocycles. The summed E-state index contributed by atoms with van der Waals surface area (Å²) in [7, 11) is -3.77. The molecule has 0 aliphatic carbocycles. The van der Waals surface area contributed by atoms with E-state index in [1.807, 2.05) is 0 Å². The Morgan fingerprint density at radius 1 is 1.12 bits per heavy atom. The van der Waals surface area contributed by atoms with E-state index in [0.29, 0.717) is 21.6 Å². The molecule has 3 rings (SSSR count). The van der Waals surface area contributed by atoms with Crippen molar-refractivity contribution in [3.63, 3.8) is 0 Å². The smallest absolute Gasteiger partial charge is 0.246 e. The second-order valence-corrected chi connectivity index (χ2v) is 9.15. The summed E-state index contributed by atoms with van der Waals surface area (Å²) in [4.78, 5) is 4.17. The molecule has 0 aliphatic heterocycles. The van der Waals surface area contributed by atoms with Gasteiger partial charge in [-0.25, -0.2) is 18.1 Å². The van der Waals surface area contributed by atoms with Gasteiger partial charge in [-0.2, -0.15) is 9.61 Å². The van der Waals surface area contributed by atoms with E-state index in [9.17, 15) is 8.42 Å². The first kappa shape index (κ1) is 18.9. The maximum absolute atomic E-state index is 12.6. The molecule has 26 heavy (non-hydrogen) atoms. The number of fused-ring (bicyclic) bond motifs is 1. The second-order valence-electron chi connectivity index (χ2n) is 6.68. The normalized spacial score (nSPS) is 12.5. The standard InChI is InChI=1S/C16H17Cl2N5O2S/c1-16(2,3)22-26(24,25)13-9-20-23-14(6-7-19-15(13)23)21-10-4-5-11(17)12(18)8-10/h4-9,21-22H,1-3H3. The van der Waals surface area contributed by atoms with Crippen molar-refractivity contribution in [2.24, 2.45) is 0 Å². The summed E-state index contributed by atoms with van der Waals surface area (Å²) in [5.74, 6) is 0.533. The minimum absolute atomic E-state index is 0.00483.